The van der Waals surface area contributed by atoms with Crippen LogP contribution in [0.2, 0.25) is 10.0 Å². The topological polar surface area (TPSA) is 161 Å². The number of hydrogen-bond donors (Lipinski definition) is 2. The number of anilines is 1. The van der Waals surface area contributed by atoms with Crippen molar-refractivity contribution in [1.82, 2.24) is 9.88 Å². The number of aromatic nitrogens is 1. The van der Waals surface area contributed by atoms with Crippen molar-refractivity contribution in [3.8, 4) is 11.5 Å². The van der Waals surface area contributed by atoms with E-state index < -0.39 is 57.5 Å². The van der Waals surface area contributed by atoms with Crippen molar-refractivity contribution < 1.29 is 46.5 Å². The monoisotopic (exact) mass is 691 g/mol. The van der Waals surface area contributed by atoms with Gasteiger partial charge < -0.3 is 19.3 Å². The van der Waals surface area contributed by atoms with Crippen LogP contribution < -0.4 is 9.46 Å². The van der Waals surface area contributed by atoms with Gasteiger partial charge in [0.25, 0.3) is 10.0 Å². The second-order valence-electron chi connectivity index (χ2n) is 9.47. The first-order valence-electron chi connectivity index (χ1n) is 12.9. The average molecular weight is 693 g/mol. The summed E-state index contributed by atoms with van der Waals surface area (Å²) in [4.78, 5) is 39.8. The van der Waals surface area contributed by atoms with Crippen LogP contribution in [0.3, 0.4) is 0 Å². The van der Waals surface area contributed by atoms with Crippen LogP contribution in [0, 0.1) is 11.7 Å². The molecule has 238 valence electrons. The summed E-state index contributed by atoms with van der Waals surface area (Å²) in [6.07, 6.45) is -0.435. The number of carbonyl (C=O) groups excluding carboxylic acids is 2. The van der Waals surface area contributed by atoms with Crippen molar-refractivity contribution in [3.05, 3.63) is 63.3 Å². The summed E-state index contributed by atoms with van der Waals surface area (Å²) in [7, 11) is -4.34. The quantitative estimate of drug-likeness (QED) is 0.147. The van der Waals surface area contributed by atoms with Gasteiger partial charge in [0.1, 0.15) is 28.8 Å². The van der Waals surface area contributed by atoms with Gasteiger partial charge in [-0.1, -0.05) is 37.0 Å². The van der Waals surface area contributed by atoms with Gasteiger partial charge in [0.2, 0.25) is 6.29 Å². The third-order valence-electron chi connectivity index (χ3n) is 5.65. The van der Waals surface area contributed by atoms with Gasteiger partial charge in [0.15, 0.2) is 5.13 Å². The molecule has 0 bridgehead atoms. The molecule has 12 nitrogen and oxygen atoms in total. The van der Waals surface area contributed by atoms with E-state index in [0.717, 1.165) is 28.4 Å². The lowest BCUT2D eigenvalue weighted by atomic mass is 10.1. The Hall–Kier alpha value is -3.66. The Morgan fingerprint density at radius 3 is 2.48 bits per heavy atom. The van der Waals surface area contributed by atoms with Crippen molar-refractivity contribution in [2.75, 3.05) is 17.8 Å². The molecule has 1 amide bonds. The molecule has 3 rings (SSSR count). The molecular formula is C27H28Cl2FN3O9S2. The third kappa shape index (κ3) is 9.94. The number of aliphatic carboxylic acids is 1. The van der Waals surface area contributed by atoms with Gasteiger partial charge >= 0.3 is 18.0 Å². The van der Waals surface area contributed by atoms with Gasteiger partial charge in [-0.3, -0.25) is 19.2 Å². The SMILES string of the molecule is CC(OC(=O)C(C)C)OC(=O)N(CCCc1cc(Cl)ccc1Oc1cc(F)c(S(=O)(=O)Nc2nccs2)cc1Cl)CC(=O)O. The molecule has 1 heterocycles. The molecule has 0 aliphatic heterocycles. The maximum Gasteiger partial charge on any atom is 0.413 e. The minimum absolute atomic E-state index is 0.0471. The number of sulfonamides is 1. The molecule has 1 unspecified atom stereocenters. The van der Waals surface area contributed by atoms with E-state index in [1.165, 1.54) is 25.3 Å². The van der Waals surface area contributed by atoms with Gasteiger partial charge in [-0.05, 0) is 42.7 Å². The molecule has 0 aliphatic rings. The number of ether oxygens (including phenoxy) is 3. The molecule has 0 aliphatic carbocycles. The first kappa shape index (κ1) is 34.8. The number of thiazole rings is 1. The number of carboxylic acid groups (broad SMARTS) is 1. The number of hydrogen-bond acceptors (Lipinski definition) is 10. The maximum atomic E-state index is 15.0. The van der Waals surface area contributed by atoms with Crippen LogP contribution in [0.5, 0.6) is 11.5 Å². The largest absolute Gasteiger partial charge is 0.480 e. The summed E-state index contributed by atoms with van der Waals surface area (Å²) in [6, 6.07) is 6.30. The highest BCUT2D eigenvalue weighted by molar-refractivity contribution is 7.93. The Labute approximate surface area is 266 Å². The molecule has 0 saturated carbocycles. The average Bonchev–Trinajstić information content (AvgIpc) is 3.43. The van der Waals surface area contributed by atoms with E-state index >= 15 is 0 Å². The number of amides is 1. The van der Waals surface area contributed by atoms with E-state index in [4.69, 9.17) is 37.4 Å². The van der Waals surface area contributed by atoms with E-state index in [1.54, 1.807) is 25.3 Å². The lowest BCUT2D eigenvalue weighted by Gasteiger charge is -2.23. The van der Waals surface area contributed by atoms with Crippen molar-refractivity contribution in [2.24, 2.45) is 5.92 Å². The molecule has 3 aromatic rings. The van der Waals surface area contributed by atoms with Crippen LogP contribution in [-0.2, 0) is 35.5 Å². The van der Waals surface area contributed by atoms with Crippen molar-refractivity contribution in [3.63, 3.8) is 0 Å². The summed E-state index contributed by atoms with van der Waals surface area (Å²) in [6.45, 7) is 3.79. The molecule has 2 N–H and O–H groups in total. The number of benzene rings is 2. The lowest BCUT2D eigenvalue weighted by Crippen LogP contribution is -2.39. The van der Waals surface area contributed by atoms with Gasteiger partial charge in [0.05, 0.1) is 10.9 Å². The fraction of sp³-hybridized carbons (Fsp3) is 0.333. The summed E-state index contributed by atoms with van der Waals surface area (Å²) in [5, 5.41) is 11.0. The van der Waals surface area contributed by atoms with E-state index in [2.05, 4.69) is 9.71 Å². The number of rotatable bonds is 14. The standard InChI is InChI=1S/C27H28Cl2FN3O9S2/c1-15(2)25(36)40-16(3)41-27(37)33(14-24(34)35)9-4-5-17-11-18(28)6-7-21(17)42-22-13-20(30)23(12-19(22)29)44(38,39)32-26-31-8-10-43-26/h6-8,10-13,15-16H,4-5,9,14H2,1-3H3,(H,31,32)(H,34,35). The fourth-order valence-corrected chi connectivity index (χ4v) is 5.94. The normalized spacial score (nSPS) is 12.0. The summed E-state index contributed by atoms with van der Waals surface area (Å²) < 4.78 is 58.4. The number of nitrogens with zero attached hydrogens (tertiary/aromatic N) is 2. The highest BCUT2D eigenvalue weighted by Crippen LogP contribution is 2.36. The third-order valence-corrected chi connectivity index (χ3v) is 8.35. The summed E-state index contributed by atoms with van der Waals surface area (Å²) in [5.74, 6) is -3.43. The van der Waals surface area contributed by atoms with Crippen molar-refractivity contribution in [1.29, 1.82) is 0 Å². The molecule has 0 fully saturated rings. The summed E-state index contributed by atoms with van der Waals surface area (Å²) in [5.41, 5.74) is 0.499. The Kier molecular flexibility index (Phi) is 12.2. The molecule has 44 heavy (non-hydrogen) atoms. The Morgan fingerprint density at radius 2 is 1.84 bits per heavy atom. The second-order valence-corrected chi connectivity index (χ2v) is 12.9. The molecule has 0 radical (unpaired) electrons. The molecule has 1 atom stereocenters. The predicted octanol–water partition coefficient (Wildman–Crippen LogP) is 6.18. The molecule has 2 aromatic carbocycles. The first-order chi connectivity index (χ1) is 20.7. The van der Waals surface area contributed by atoms with Crippen molar-refractivity contribution >= 4 is 67.7 Å². The molecule has 0 saturated heterocycles. The predicted molar refractivity (Wildman–Crippen MR) is 160 cm³/mol. The molecule has 1 aromatic heterocycles. The number of halogens is 3. The highest BCUT2D eigenvalue weighted by atomic mass is 35.5. The van der Waals surface area contributed by atoms with E-state index in [-0.39, 0.29) is 41.0 Å². The fourth-order valence-electron chi connectivity index (χ4n) is 3.60. The van der Waals surface area contributed by atoms with Crippen LogP contribution in [0.15, 0.2) is 46.8 Å². The highest BCUT2D eigenvalue weighted by Gasteiger charge is 2.25. The number of carboxylic acids is 1. The zero-order valence-electron chi connectivity index (χ0n) is 23.6. The van der Waals surface area contributed by atoms with Crippen LogP contribution in [0.1, 0.15) is 32.8 Å². The van der Waals surface area contributed by atoms with Gasteiger partial charge in [-0.25, -0.2) is 22.6 Å². The molecule has 17 heteroatoms. The second kappa shape index (κ2) is 15.4. The minimum Gasteiger partial charge on any atom is -0.480 e. The van der Waals surface area contributed by atoms with Gasteiger partial charge in [-0.2, -0.15) is 0 Å². The van der Waals surface area contributed by atoms with Crippen LogP contribution >= 0.6 is 34.5 Å². The zero-order valence-corrected chi connectivity index (χ0v) is 26.7. The number of esters is 1. The Bertz CT molecular complexity index is 1610. The number of carbonyl (C=O) groups is 3. The lowest BCUT2D eigenvalue weighted by molar-refractivity contribution is -0.170. The Morgan fingerprint density at radius 1 is 1.11 bits per heavy atom. The zero-order chi connectivity index (χ0) is 32.6. The van der Waals surface area contributed by atoms with E-state index in [9.17, 15) is 32.3 Å². The Balaban J connectivity index is 1.73. The van der Waals surface area contributed by atoms with E-state index in [1.807, 2.05) is 0 Å². The van der Waals surface area contributed by atoms with Crippen molar-refractivity contribution in [2.45, 2.75) is 44.8 Å². The first-order valence-corrected chi connectivity index (χ1v) is 16.0. The molecule has 0 spiro atoms. The van der Waals surface area contributed by atoms with Gasteiger partial charge in [0, 0.05) is 36.1 Å². The van der Waals surface area contributed by atoms with Gasteiger partial charge in [-0.15, -0.1) is 11.3 Å². The molecular weight excluding hydrogens is 664 g/mol. The minimum atomic E-state index is -4.34. The maximum absolute atomic E-state index is 15.0. The number of nitrogens with one attached hydrogen (secondary N) is 1. The van der Waals surface area contributed by atoms with Crippen LogP contribution in [0.4, 0.5) is 14.3 Å². The number of aryl methyl sites for hydroxylation is 1. The van der Waals surface area contributed by atoms with Crippen LogP contribution in [0.25, 0.3) is 0 Å². The smallest absolute Gasteiger partial charge is 0.413 e. The van der Waals surface area contributed by atoms with E-state index in [0.29, 0.717) is 10.6 Å². The van der Waals surface area contributed by atoms with Crippen LogP contribution in [-0.4, -0.2) is 60.8 Å². The summed E-state index contributed by atoms with van der Waals surface area (Å²) >= 11 is 13.5.